The molecule has 0 spiro atoms. The highest BCUT2D eigenvalue weighted by atomic mass is 19.1. The highest BCUT2D eigenvalue weighted by Crippen LogP contribution is 2.17. The molecule has 0 fully saturated rings. The highest BCUT2D eigenvalue weighted by Gasteiger charge is 2.25. The zero-order chi connectivity index (χ0) is 13.1. The molecule has 0 aromatic heterocycles. The van der Waals surface area contributed by atoms with E-state index in [9.17, 15) is 9.18 Å². The van der Waals surface area contributed by atoms with Crippen LogP contribution in [0.1, 0.15) is 32.4 Å². The Morgan fingerprint density at radius 2 is 1.94 bits per heavy atom. The summed E-state index contributed by atoms with van der Waals surface area (Å²) in [4.78, 5) is 11.1. The van der Waals surface area contributed by atoms with Crippen molar-refractivity contribution in [2.45, 2.75) is 26.8 Å². The van der Waals surface area contributed by atoms with E-state index in [0.717, 1.165) is 5.56 Å². The van der Waals surface area contributed by atoms with E-state index < -0.39 is 5.41 Å². The maximum atomic E-state index is 12.7. The van der Waals surface area contributed by atoms with E-state index in [-0.39, 0.29) is 17.8 Å². The van der Waals surface area contributed by atoms with E-state index in [1.165, 1.54) is 12.1 Å². The minimum atomic E-state index is -0.589. The van der Waals surface area contributed by atoms with Gasteiger partial charge in [-0.05, 0) is 38.5 Å². The molecule has 0 heterocycles. The van der Waals surface area contributed by atoms with Crippen molar-refractivity contribution < 1.29 is 9.18 Å². The van der Waals surface area contributed by atoms with Crippen LogP contribution in [0.3, 0.4) is 0 Å². The van der Waals surface area contributed by atoms with E-state index in [4.69, 9.17) is 5.73 Å². The highest BCUT2D eigenvalue weighted by molar-refractivity contribution is 5.80. The third-order valence-corrected chi connectivity index (χ3v) is 2.89. The van der Waals surface area contributed by atoms with Crippen molar-refractivity contribution in [1.82, 2.24) is 5.32 Å². The minimum absolute atomic E-state index is 0.0502. The number of rotatable bonds is 5. The number of benzene rings is 1. The molecule has 1 aromatic carbocycles. The standard InChI is InChI=1S/C13H19FN2O/c1-9(10-4-6-11(14)7-5-10)16-8-13(2,3)12(15)17/h4-7,9,16H,8H2,1-3H3,(H2,15,17). The maximum Gasteiger partial charge on any atom is 0.224 e. The van der Waals surface area contributed by atoms with Crippen LogP contribution in [0.15, 0.2) is 24.3 Å². The summed E-state index contributed by atoms with van der Waals surface area (Å²) in [5.74, 6) is -0.588. The van der Waals surface area contributed by atoms with Crippen molar-refractivity contribution >= 4 is 5.91 Å². The van der Waals surface area contributed by atoms with Gasteiger partial charge in [-0.3, -0.25) is 4.79 Å². The van der Waals surface area contributed by atoms with Gasteiger partial charge in [-0.2, -0.15) is 0 Å². The van der Waals surface area contributed by atoms with Crippen LogP contribution in [-0.2, 0) is 4.79 Å². The minimum Gasteiger partial charge on any atom is -0.369 e. The molecular weight excluding hydrogens is 219 g/mol. The molecule has 94 valence electrons. The summed E-state index contributed by atoms with van der Waals surface area (Å²) in [5.41, 5.74) is 5.68. The molecule has 3 nitrogen and oxygen atoms in total. The van der Waals surface area contributed by atoms with Crippen LogP contribution in [0.2, 0.25) is 0 Å². The van der Waals surface area contributed by atoms with Gasteiger partial charge in [0.05, 0.1) is 5.41 Å². The smallest absolute Gasteiger partial charge is 0.224 e. The first-order valence-electron chi connectivity index (χ1n) is 5.61. The van der Waals surface area contributed by atoms with Gasteiger partial charge in [-0.15, -0.1) is 0 Å². The summed E-state index contributed by atoms with van der Waals surface area (Å²) < 4.78 is 12.7. The van der Waals surface area contributed by atoms with Crippen molar-refractivity contribution in [3.63, 3.8) is 0 Å². The van der Waals surface area contributed by atoms with E-state index in [0.29, 0.717) is 6.54 Å². The molecule has 1 amide bonds. The van der Waals surface area contributed by atoms with Gasteiger partial charge in [-0.1, -0.05) is 12.1 Å². The molecule has 17 heavy (non-hydrogen) atoms. The SMILES string of the molecule is CC(NCC(C)(C)C(N)=O)c1ccc(F)cc1. The van der Waals surface area contributed by atoms with Gasteiger partial charge in [0.1, 0.15) is 5.82 Å². The van der Waals surface area contributed by atoms with Crippen molar-refractivity contribution in [1.29, 1.82) is 0 Å². The second-order valence-electron chi connectivity index (χ2n) is 4.90. The van der Waals surface area contributed by atoms with E-state index in [1.807, 2.05) is 6.92 Å². The average Bonchev–Trinajstić information content (AvgIpc) is 2.27. The number of halogens is 1. The van der Waals surface area contributed by atoms with Crippen molar-refractivity contribution in [3.05, 3.63) is 35.6 Å². The lowest BCUT2D eigenvalue weighted by Crippen LogP contribution is -2.41. The molecule has 0 saturated carbocycles. The predicted octanol–water partition coefficient (Wildman–Crippen LogP) is 1.99. The fraction of sp³-hybridized carbons (Fsp3) is 0.462. The number of nitrogens with one attached hydrogen (secondary N) is 1. The summed E-state index contributed by atoms with van der Waals surface area (Å²) in [6.45, 7) is 6.03. The van der Waals surface area contributed by atoms with Gasteiger partial charge in [0.15, 0.2) is 0 Å². The Morgan fingerprint density at radius 3 is 2.41 bits per heavy atom. The normalized spacial score (nSPS) is 13.4. The predicted molar refractivity (Wildman–Crippen MR) is 65.8 cm³/mol. The Hall–Kier alpha value is -1.42. The van der Waals surface area contributed by atoms with Crippen LogP contribution >= 0.6 is 0 Å². The van der Waals surface area contributed by atoms with E-state index >= 15 is 0 Å². The summed E-state index contributed by atoms with van der Waals surface area (Å²) in [6, 6.07) is 6.35. The monoisotopic (exact) mass is 238 g/mol. The van der Waals surface area contributed by atoms with E-state index in [1.54, 1.807) is 26.0 Å². The molecule has 0 radical (unpaired) electrons. The number of hydrogen-bond donors (Lipinski definition) is 2. The van der Waals surface area contributed by atoms with Crippen molar-refractivity contribution in [2.24, 2.45) is 11.1 Å². The molecule has 0 aliphatic carbocycles. The first kappa shape index (κ1) is 13.6. The van der Waals surface area contributed by atoms with Gasteiger partial charge in [0.2, 0.25) is 5.91 Å². The summed E-state index contributed by atoms with van der Waals surface area (Å²) in [7, 11) is 0. The molecule has 0 bridgehead atoms. The van der Waals surface area contributed by atoms with Gasteiger partial charge in [-0.25, -0.2) is 4.39 Å². The molecule has 0 saturated heterocycles. The average molecular weight is 238 g/mol. The number of carbonyl (C=O) groups excluding carboxylic acids is 1. The summed E-state index contributed by atoms with van der Waals surface area (Å²) >= 11 is 0. The fourth-order valence-electron chi connectivity index (χ4n) is 1.36. The first-order chi connectivity index (χ1) is 7.83. The van der Waals surface area contributed by atoms with Gasteiger partial charge in [0.25, 0.3) is 0 Å². The molecule has 0 aliphatic heterocycles. The molecule has 1 rings (SSSR count). The van der Waals surface area contributed by atoms with Crippen LogP contribution < -0.4 is 11.1 Å². The zero-order valence-electron chi connectivity index (χ0n) is 10.5. The molecule has 4 heteroatoms. The molecule has 1 atom stereocenters. The Labute approximate surface area is 101 Å². The molecule has 1 unspecified atom stereocenters. The van der Waals surface area contributed by atoms with Crippen LogP contribution in [0.25, 0.3) is 0 Å². The molecular formula is C13H19FN2O. The van der Waals surface area contributed by atoms with Crippen LogP contribution in [-0.4, -0.2) is 12.5 Å². The van der Waals surface area contributed by atoms with Crippen molar-refractivity contribution in [2.75, 3.05) is 6.54 Å². The lowest BCUT2D eigenvalue weighted by atomic mass is 9.92. The van der Waals surface area contributed by atoms with Crippen LogP contribution in [0, 0.1) is 11.2 Å². The third-order valence-electron chi connectivity index (χ3n) is 2.89. The zero-order valence-corrected chi connectivity index (χ0v) is 10.5. The number of hydrogen-bond acceptors (Lipinski definition) is 2. The van der Waals surface area contributed by atoms with E-state index in [2.05, 4.69) is 5.32 Å². The topological polar surface area (TPSA) is 55.1 Å². The van der Waals surface area contributed by atoms with Gasteiger partial charge < -0.3 is 11.1 Å². The van der Waals surface area contributed by atoms with Crippen molar-refractivity contribution in [3.8, 4) is 0 Å². The van der Waals surface area contributed by atoms with Gasteiger partial charge >= 0.3 is 0 Å². The number of amides is 1. The lowest BCUT2D eigenvalue weighted by molar-refractivity contribution is -0.125. The first-order valence-corrected chi connectivity index (χ1v) is 5.61. The lowest BCUT2D eigenvalue weighted by Gasteiger charge is -2.24. The Morgan fingerprint density at radius 1 is 1.41 bits per heavy atom. The van der Waals surface area contributed by atoms with Crippen LogP contribution in [0.4, 0.5) is 4.39 Å². The second kappa shape index (κ2) is 5.27. The maximum absolute atomic E-state index is 12.7. The number of carbonyl (C=O) groups is 1. The quantitative estimate of drug-likeness (QED) is 0.824. The number of primary amides is 1. The Balaban J connectivity index is 2.58. The fourth-order valence-corrected chi connectivity index (χ4v) is 1.36. The third kappa shape index (κ3) is 3.82. The van der Waals surface area contributed by atoms with Crippen LogP contribution in [0.5, 0.6) is 0 Å². The van der Waals surface area contributed by atoms with Gasteiger partial charge in [0, 0.05) is 12.6 Å². The number of nitrogens with two attached hydrogens (primary N) is 1. The Bertz CT molecular complexity index is 387. The summed E-state index contributed by atoms with van der Waals surface area (Å²) in [6.07, 6.45) is 0. The largest absolute Gasteiger partial charge is 0.369 e. The molecule has 0 aliphatic rings. The summed E-state index contributed by atoms with van der Waals surface area (Å²) in [5, 5.41) is 3.22. The second-order valence-corrected chi connectivity index (χ2v) is 4.90. The molecule has 3 N–H and O–H groups in total. The molecule has 1 aromatic rings. The Kier molecular flexibility index (Phi) is 4.23.